The van der Waals surface area contributed by atoms with Gasteiger partial charge in [0, 0.05) is 25.0 Å². The second kappa shape index (κ2) is 7.89. The third-order valence-electron chi connectivity index (χ3n) is 2.61. The summed E-state index contributed by atoms with van der Waals surface area (Å²) < 4.78 is 0. The van der Waals surface area contributed by atoms with E-state index in [2.05, 4.69) is 10.6 Å². The van der Waals surface area contributed by atoms with E-state index in [9.17, 15) is 9.59 Å². The van der Waals surface area contributed by atoms with Crippen molar-refractivity contribution in [3.8, 4) is 0 Å². The fourth-order valence-electron chi connectivity index (χ4n) is 1.11. The van der Waals surface area contributed by atoms with Crippen LogP contribution in [0, 0.1) is 0 Å². The van der Waals surface area contributed by atoms with E-state index in [-0.39, 0.29) is 24.5 Å². The first-order valence-electron chi connectivity index (χ1n) is 5.75. The fourth-order valence-corrected chi connectivity index (χ4v) is 1.11. The molecule has 100 valence electrons. The molecular weight excluding hydrogens is 222 g/mol. The van der Waals surface area contributed by atoms with Gasteiger partial charge in [0.25, 0.3) is 0 Å². The first-order valence-corrected chi connectivity index (χ1v) is 5.75. The van der Waals surface area contributed by atoms with Gasteiger partial charge in [-0.2, -0.15) is 0 Å². The lowest BCUT2D eigenvalue weighted by Crippen LogP contribution is -2.45. The zero-order valence-electron chi connectivity index (χ0n) is 11.0. The van der Waals surface area contributed by atoms with Crippen LogP contribution in [-0.4, -0.2) is 54.7 Å². The molecule has 6 heteroatoms. The van der Waals surface area contributed by atoms with Crippen LogP contribution in [0.2, 0.25) is 0 Å². The van der Waals surface area contributed by atoms with Crippen molar-refractivity contribution < 1.29 is 14.7 Å². The summed E-state index contributed by atoms with van der Waals surface area (Å²) >= 11 is 0. The Bertz CT molecular complexity index is 256. The summed E-state index contributed by atoms with van der Waals surface area (Å²) in [5, 5.41) is 13.9. The minimum absolute atomic E-state index is 0.0650. The van der Waals surface area contributed by atoms with Gasteiger partial charge < -0.3 is 20.6 Å². The highest BCUT2D eigenvalue weighted by Crippen LogP contribution is 1.96. The van der Waals surface area contributed by atoms with E-state index in [1.54, 1.807) is 6.92 Å². The quantitative estimate of drug-likeness (QED) is 0.609. The van der Waals surface area contributed by atoms with E-state index < -0.39 is 5.97 Å². The molecule has 2 amide bonds. The highest BCUT2D eigenvalue weighted by Gasteiger charge is 2.10. The summed E-state index contributed by atoms with van der Waals surface area (Å²) in [4.78, 5) is 23.8. The SMILES string of the molecule is CC(CCC(=O)O)NC(=O)NCC(C)N(C)C. The second-order valence-electron chi connectivity index (χ2n) is 4.50. The van der Waals surface area contributed by atoms with Crippen molar-refractivity contribution >= 4 is 12.0 Å². The normalized spacial score (nSPS) is 14.2. The number of hydrogen-bond acceptors (Lipinski definition) is 3. The second-order valence-corrected chi connectivity index (χ2v) is 4.50. The van der Waals surface area contributed by atoms with Crippen LogP contribution in [0.5, 0.6) is 0 Å². The van der Waals surface area contributed by atoms with Crippen LogP contribution in [0.25, 0.3) is 0 Å². The maximum absolute atomic E-state index is 11.4. The van der Waals surface area contributed by atoms with Crippen molar-refractivity contribution in [2.24, 2.45) is 0 Å². The molecule has 0 saturated heterocycles. The van der Waals surface area contributed by atoms with Gasteiger partial charge in [-0.15, -0.1) is 0 Å². The van der Waals surface area contributed by atoms with Crippen LogP contribution >= 0.6 is 0 Å². The number of urea groups is 1. The third-order valence-corrected chi connectivity index (χ3v) is 2.61. The predicted molar refractivity (Wildman–Crippen MR) is 66.0 cm³/mol. The van der Waals surface area contributed by atoms with E-state index in [1.807, 2.05) is 25.9 Å². The molecule has 2 unspecified atom stereocenters. The number of carboxylic acid groups (broad SMARTS) is 1. The number of likely N-dealkylation sites (N-methyl/N-ethyl adjacent to an activating group) is 1. The molecular formula is C11H23N3O3. The Morgan fingerprint density at radius 1 is 1.29 bits per heavy atom. The number of amides is 2. The number of rotatable bonds is 7. The summed E-state index contributed by atoms with van der Waals surface area (Å²) in [5.74, 6) is -0.847. The molecule has 6 nitrogen and oxygen atoms in total. The monoisotopic (exact) mass is 245 g/mol. The van der Waals surface area contributed by atoms with Gasteiger partial charge in [0.05, 0.1) is 0 Å². The Kier molecular flexibility index (Phi) is 7.29. The van der Waals surface area contributed by atoms with Gasteiger partial charge in [0.1, 0.15) is 0 Å². The molecule has 0 saturated carbocycles. The van der Waals surface area contributed by atoms with Crippen molar-refractivity contribution in [2.75, 3.05) is 20.6 Å². The van der Waals surface area contributed by atoms with E-state index in [0.717, 1.165) is 0 Å². The van der Waals surface area contributed by atoms with Gasteiger partial charge in [-0.05, 0) is 34.4 Å². The molecule has 0 aromatic carbocycles. The predicted octanol–water partition coefficient (Wildman–Crippen LogP) is 0.489. The van der Waals surface area contributed by atoms with Crippen LogP contribution in [0.3, 0.4) is 0 Å². The topological polar surface area (TPSA) is 81.7 Å². The van der Waals surface area contributed by atoms with Gasteiger partial charge >= 0.3 is 12.0 Å². The molecule has 0 spiro atoms. The van der Waals surface area contributed by atoms with Crippen LogP contribution in [0.4, 0.5) is 4.79 Å². The van der Waals surface area contributed by atoms with Gasteiger partial charge in [0.15, 0.2) is 0 Å². The summed E-state index contributed by atoms with van der Waals surface area (Å²) in [6.45, 7) is 4.36. The molecule has 0 aromatic rings. The third kappa shape index (κ3) is 8.50. The van der Waals surface area contributed by atoms with Crippen LogP contribution < -0.4 is 10.6 Å². The van der Waals surface area contributed by atoms with Crippen molar-refractivity contribution in [2.45, 2.75) is 38.8 Å². The largest absolute Gasteiger partial charge is 0.481 e. The Labute approximate surface area is 102 Å². The maximum atomic E-state index is 11.4. The van der Waals surface area contributed by atoms with Gasteiger partial charge in [0.2, 0.25) is 0 Å². The summed E-state index contributed by atoms with van der Waals surface area (Å²) in [5.41, 5.74) is 0. The Morgan fingerprint density at radius 2 is 1.88 bits per heavy atom. The maximum Gasteiger partial charge on any atom is 0.315 e. The molecule has 0 aliphatic rings. The number of nitrogens with zero attached hydrogens (tertiary/aromatic N) is 1. The first-order chi connectivity index (χ1) is 7.82. The molecule has 0 aliphatic carbocycles. The van der Waals surface area contributed by atoms with E-state index in [4.69, 9.17) is 5.11 Å². The molecule has 0 radical (unpaired) electrons. The smallest absolute Gasteiger partial charge is 0.315 e. The van der Waals surface area contributed by atoms with Crippen molar-refractivity contribution in [3.05, 3.63) is 0 Å². The number of hydrogen-bond donors (Lipinski definition) is 3. The zero-order chi connectivity index (χ0) is 13.4. The molecule has 0 aromatic heterocycles. The first kappa shape index (κ1) is 15.7. The van der Waals surface area contributed by atoms with E-state index >= 15 is 0 Å². The molecule has 0 rings (SSSR count). The standard InChI is InChI=1S/C11H23N3O3/c1-8(5-6-10(15)16)13-11(17)12-7-9(2)14(3)4/h8-9H,5-7H2,1-4H3,(H,15,16)(H2,12,13,17). The average Bonchev–Trinajstić information content (AvgIpc) is 2.22. The van der Waals surface area contributed by atoms with Crippen LogP contribution in [-0.2, 0) is 4.79 Å². The lowest BCUT2D eigenvalue weighted by atomic mass is 10.2. The Hall–Kier alpha value is -1.30. The highest BCUT2D eigenvalue weighted by atomic mass is 16.4. The molecule has 0 aliphatic heterocycles. The molecule has 0 fully saturated rings. The van der Waals surface area contributed by atoms with Crippen LogP contribution in [0.15, 0.2) is 0 Å². The molecule has 3 N–H and O–H groups in total. The lowest BCUT2D eigenvalue weighted by Gasteiger charge is -2.21. The van der Waals surface area contributed by atoms with Gasteiger partial charge in [-0.3, -0.25) is 4.79 Å². The molecule has 17 heavy (non-hydrogen) atoms. The number of aliphatic carboxylic acids is 1. The molecule has 0 bridgehead atoms. The fraction of sp³-hybridized carbons (Fsp3) is 0.818. The van der Waals surface area contributed by atoms with Crippen LogP contribution in [0.1, 0.15) is 26.7 Å². The summed E-state index contributed by atoms with van der Waals surface area (Å²) in [7, 11) is 3.89. The Morgan fingerprint density at radius 3 is 2.35 bits per heavy atom. The summed E-state index contributed by atoms with van der Waals surface area (Å²) in [6.07, 6.45) is 0.502. The van der Waals surface area contributed by atoms with Crippen molar-refractivity contribution in [1.82, 2.24) is 15.5 Å². The molecule has 0 heterocycles. The average molecular weight is 245 g/mol. The minimum atomic E-state index is -0.847. The zero-order valence-corrected chi connectivity index (χ0v) is 11.0. The number of carboxylic acids is 1. The Balaban J connectivity index is 3.74. The minimum Gasteiger partial charge on any atom is -0.481 e. The van der Waals surface area contributed by atoms with Gasteiger partial charge in [-0.25, -0.2) is 4.79 Å². The van der Waals surface area contributed by atoms with Crippen molar-refractivity contribution in [1.29, 1.82) is 0 Å². The number of carbonyl (C=O) groups is 2. The van der Waals surface area contributed by atoms with E-state index in [1.165, 1.54) is 0 Å². The number of carbonyl (C=O) groups excluding carboxylic acids is 1. The van der Waals surface area contributed by atoms with Gasteiger partial charge in [-0.1, -0.05) is 0 Å². The highest BCUT2D eigenvalue weighted by molar-refractivity contribution is 5.74. The lowest BCUT2D eigenvalue weighted by molar-refractivity contribution is -0.137. The molecule has 2 atom stereocenters. The number of nitrogens with one attached hydrogen (secondary N) is 2. The van der Waals surface area contributed by atoms with Crippen molar-refractivity contribution in [3.63, 3.8) is 0 Å². The summed E-state index contributed by atoms with van der Waals surface area (Å²) in [6, 6.07) is -0.132. The van der Waals surface area contributed by atoms with E-state index in [0.29, 0.717) is 13.0 Å².